The summed E-state index contributed by atoms with van der Waals surface area (Å²) < 4.78 is 0. The molecule has 1 amide bonds. The highest BCUT2D eigenvalue weighted by atomic mass is 16.2. The molecule has 2 atom stereocenters. The predicted octanol–water partition coefficient (Wildman–Crippen LogP) is -0.416. The van der Waals surface area contributed by atoms with Crippen molar-refractivity contribution in [3.05, 3.63) is 35.9 Å². The molecular weight excluding hydrogens is 192 g/mol. The van der Waals surface area contributed by atoms with Gasteiger partial charge in [0, 0.05) is 6.04 Å². The molecule has 1 saturated heterocycles. The Morgan fingerprint density at radius 3 is 2.73 bits per heavy atom. The summed E-state index contributed by atoms with van der Waals surface area (Å²) in [6.07, 6.45) is 0.701. The first-order chi connectivity index (χ1) is 7.31. The predicted molar refractivity (Wildman–Crippen MR) is 56.2 cm³/mol. The van der Waals surface area contributed by atoms with E-state index in [1.54, 1.807) is 0 Å². The second-order valence-corrected chi connectivity index (χ2v) is 3.55. The van der Waals surface area contributed by atoms with Crippen molar-refractivity contribution in [2.24, 2.45) is 5.84 Å². The van der Waals surface area contributed by atoms with Crippen molar-refractivity contribution in [2.75, 3.05) is 0 Å². The molecule has 5 nitrogen and oxygen atoms in total. The maximum absolute atomic E-state index is 11.3. The Balaban J connectivity index is 2.02. The lowest BCUT2D eigenvalue weighted by molar-refractivity contribution is -0.122. The summed E-state index contributed by atoms with van der Waals surface area (Å²) in [4.78, 5) is 11.3. The van der Waals surface area contributed by atoms with E-state index in [4.69, 9.17) is 5.84 Å². The molecule has 0 aromatic heterocycles. The lowest BCUT2D eigenvalue weighted by atomic mass is 10.0. The lowest BCUT2D eigenvalue weighted by Gasteiger charge is -2.08. The first-order valence-corrected chi connectivity index (χ1v) is 4.87. The van der Waals surface area contributed by atoms with E-state index in [1.165, 1.54) is 0 Å². The van der Waals surface area contributed by atoms with E-state index in [1.807, 2.05) is 30.3 Å². The van der Waals surface area contributed by atoms with Crippen molar-refractivity contribution in [1.82, 2.24) is 16.3 Å². The third kappa shape index (κ3) is 2.15. The fourth-order valence-corrected chi connectivity index (χ4v) is 1.73. The fourth-order valence-electron chi connectivity index (χ4n) is 1.73. The minimum absolute atomic E-state index is 0.161. The Morgan fingerprint density at radius 2 is 2.07 bits per heavy atom. The zero-order valence-corrected chi connectivity index (χ0v) is 8.23. The van der Waals surface area contributed by atoms with E-state index in [9.17, 15) is 4.79 Å². The molecule has 15 heavy (non-hydrogen) atoms. The summed E-state index contributed by atoms with van der Waals surface area (Å²) in [5.41, 5.74) is 9.29. The number of rotatable bonds is 2. The van der Waals surface area contributed by atoms with Crippen LogP contribution in [0.5, 0.6) is 0 Å². The highest BCUT2D eigenvalue weighted by molar-refractivity contribution is 5.81. The summed E-state index contributed by atoms with van der Waals surface area (Å²) >= 11 is 0. The largest absolute Gasteiger partial charge is 0.293 e. The topological polar surface area (TPSA) is 79.2 Å². The second-order valence-electron chi connectivity index (χ2n) is 3.55. The maximum Gasteiger partial charge on any atom is 0.252 e. The molecule has 1 aliphatic heterocycles. The SMILES string of the molecule is NNC(=O)C1CC(c2ccccc2)NN1. The number of benzene rings is 1. The van der Waals surface area contributed by atoms with Crippen molar-refractivity contribution in [2.45, 2.75) is 18.5 Å². The van der Waals surface area contributed by atoms with Crippen LogP contribution < -0.4 is 22.1 Å². The van der Waals surface area contributed by atoms with Gasteiger partial charge in [-0.1, -0.05) is 30.3 Å². The van der Waals surface area contributed by atoms with E-state index >= 15 is 0 Å². The average molecular weight is 206 g/mol. The van der Waals surface area contributed by atoms with Crippen LogP contribution in [-0.4, -0.2) is 11.9 Å². The number of hydrogen-bond acceptors (Lipinski definition) is 4. The van der Waals surface area contributed by atoms with Crippen molar-refractivity contribution >= 4 is 5.91 Å². The van der Waals surface area contributed by atoms with Crippen molar-refractivity contribution in [3.8, 4) is 0 Å². The van der Waals surface area contributed by atoms with Gasteiger partial charge in [-0.3, -0.25) is 10.2 Å². The number of amides is 1. The van der Waals surface area contributed by atoms with E-state index < -0.39 is 0 Å². The molecule has 1 heterocycles. The summed E-state index contributed by atoms with van der Waals surface area (Å²) in [7, 11) is 0. The Labute approximate surface area is 88.0 Å². The van der Waals surface area contributed by atoms with Gasteiger partial charge in [0.15, 0.2) is 0 Å². The molecule has 2 unspecified atom stereocenters. The molecule has 1 aromatic rings. The molecule has 5 N–H and O–H groups in total. The monoisotopic (exact) mass is 206 g/mol. The number of nitrogens with two attached hydrogens (primary N) is 1. The molecule has 0 radical (unpaired) electrons. The number of carbonyl (C=O) groups excluding carboxylic acids is 1. The third-order valence-electron chi connectivity index (χ3n) is 2.56. The molecule has 1 aliphatic rings. The smallest absolute Gasteiger partial charge is 0.252 e. The van der Waals surface area contributed by atoms with Crippen LogP contribution in [0.4, 0.5) is 0 Å². The van der Waals surface area contributed by atoms with Crippen molar-refractivity contribution < 1.29 is 4.79 Å². The fraction of sp³-hybridized carbons (Fsp3) is 0.300. The van der Waals surface area contributed by atoms with Gasteiger partial charge in [0.1, 0.15) is 6.04 Å². The van der Waals surface area contributed by atoms with Crippen molar-refractivity contribution in [3.63, 3.8) is 0 Å². The van der Waals surface area contributed by atoms with Gasteiger partial charge in [-0.2, -0.15) is 0 Å². The second kappa shape index (κ2) is 4.39. The molecule has 0 saturated carbocycles. The minimum atomic E-state index is -0.264. The summed E-state index contributed by atoms with van der Waals surface area (Å²) in [6.45, 7) is 0. The van der Waals surface area contributed by atoms with Crippen LogP contribution in [-0.2, 0) is 4.79 Å². The lowest BCUT2D eigenvalue weighted by Crippen LogP contribution is -2.45. The van der Waals surface area contributed by atoms with Crippen molar-refractivity contribution in [1.29, 1.82) is 0 Å². The summed E-state index contributed by atoms with van der Waals surface area (Å²) in [5, 5.41) is 0. The van der Waals surface area contributed by atoms with E-state index in [2.05, 4.69) is 16.3 Å². The quantitative estimate of drug-likeness (QED) is 0.301. The van der Waals surface area contributed by atoms with Gasteiger partial charge in [0.2, 0.25) is 0 Å². The standard InChI is InChI=1S/C10H14N4O/c11-12-10(15)9-6-8(13-14-9)7-4-2-1-3-5-7/h1-5,8-9,13-14H,6,11H2,(H,12,15). The highest BCUT2D eigenvalue weighted by Crippen LogP contribution is 2.21. The number of carbonyl (C=O) groups is 1. The van der Waals surface area contributed by atoms with E-state index in [0.29, 0.717) is 6.42 Å². The number of hydrazine groups is 2. The average Bonchev–Trinajstić information content (AvgIpc) is 2.78. The Morgan fingerprint density at radius 1 is 1.33 bits per heavy atom. The van der Waals surface area contributed by atoms with Gasteiger partial charge in [-0.15, -0.1) is 0 Å². The Hall–Kier alpha value is -1.43. The third-order valence-corrected chi connectivity index (χ3v) is 2.56. The minimum Gasteiger partial charge on any atom is -0.293 e. The molecular formula is C10H14N4O. The molecule has 0 bridgehead atoms. The van der Waals surface area contributed by atoms with Crippen LogP contribution in [0.1, 0.15) is 18.0 Å². The molecule has 1 aromatic carbocycles. The Kier molecular flexibility index (Phi) is 2.96. The van der Waals surface area contributed by atoms with Gasteiger partial charge in [0.25, 0.3) is 5.91 Å². The first-order valence-electron chi connectivity index (χ1n) is 4.87. The molecule has 80 valence electrons. The van der Waals surface area contributed by atoms with Crippen LogP contribution in [0.3, 0.4) is 0 Å². The van der Waals surface area contributed by atoms with Gasteiger partial charge < -0.3 is 0 Å². The highest BCUT2D eigenvalue weighted by Gasteiger charge is 2.29. The van der Waals surface area contributed by atoms with Crippen LogP contribution in [0, 0.1) is 0 Å². The van der Waals surface area contributed by atoms with E-state index in [0.717, 1.165) is 5.56 Å². The summed E-state index contributed by atoms with van der Waals surface area (Å²) in [5.74, 6) is 4.88. The Bertz CT molecular complexity index is 341. The first kappa shape index (κ1) is 10.1. The van der Waals surface area contributed by atoms with Crippen LogP contribution in [0.25, 0.3) is 0 Å². The number of hydrogen-bond donors (Lipinski definition) is 4. The molecule has 2 rings (SSSR count). The van der Waals surface area contributed by atoms with Gasteiger partial charge >= 0.3 is 0 Å². The zero-order chi connectivity index (χ0) is 10.7. The molecule has 1 fully saturated rings. The molecule has 5 heteroatoms. The molecule has 0 aliphatic carbocycles. The van der Waals surface area contributed by atoms with Gasteiger partial charge in [-0.05, 0) is 12.0 Å². The summed E-state index contributed by atoms with van der Waals surface area (Å²) in [6, 6.07) is 9.88. The maximum atomic E-state index is 11.3. The normalized spacial score (nSPS) is 25.1. The van der Waals surface area contributed by atoms with Gasteiger partial charge in [0.05, 0.1) is 0 Å². The zero-order valence-electron chi connectivity index (χ0n) is 8.23. The van der Waals surface area contributed by atoms with Gasteiger partial charge in [-0.25, -0.2) is 16.7 Å². The van der Waals surface area contributed by atoms with Crippen LogP contribution in [0.15, 0.2) is 30.3 Å². The van der Waals surface area contributed by atoms with E-state index in [-0.39, 0.29) is 18.0 Å². The van der Waals surface area contributed by atoms with Crippen LogP contribution >= 0.6 is 0 Å². The molecule has 0 spiro atoms. The van der Waals surface area contributed by atoms with Crippen LogP contribution in [0.2, 0.25) is 0 Å². The number of nitrogens with one attached hydrogen (secondary N) is 3.